The summed E-state index contributed by atoms with van der Waals surface area (Å²) in [4.78, 5) is 13.7. The summed E-state index contributed by atoms with van der Waals surface area (Å²) in [5, 5.41) is 9.95. The number of ether oxygens (including phenoxy) is 1. The molecule has 1 aliphatic rings. The third-order valence-electron chi connectivity index (χ3n) is 5.69. The average Bonchev–Trinajstić information content (AvgIpc) is 3.17. The van der Waals surface area contributed by atoms with Crippen LogP contribution in [0.2, 0.25) is 0 Å². The Kier molecular flexibility index (Phi) is 6.46. The van der Waals surface area contributed by atoms with Crippen molar-refractivity contribution in [2.75, 3.05) is 7.11 Å². The predicted octanol–water partition coefficient (Wildman–Crippen LogP) is 4.19. The van der Waals surface area contributed by atoms with E-state index in [1.807, 2.05) is 6.07 Å². The second-order valence-electron chi connectivity index (χ2n) is 7.59. The largest absolute Gasteiger partial charge is 0.497 e. The van der Waals surface area contributed by atoms with Crippen LogP contribution in [0.1, 0.15) is 21.8 Å². The van der Waals surface area contributed by atoms with Crippen molar-refractivity contribution in [1.29, 1.82) is 5.26 Å². The van der Waals surface area contributed by atoms with E-state index in [2.05, 4.69) is 15.9 Å². The summed E-state index contributed by atoms with van der Waals surface area (Å²) in [7, 11) is -2.82. The van der Waals surface area contributed by atoms with Crippen molar-refractivity contribution in [2.45, 2.75) is 16.9 Å². The first kappa shape index (κ1) is 23.5. The van der Waals surface area contributed by atoms with Crippen molar-refractivity contribution in [2.24, 2.45) is 5.73 Å². The molecule has 0 fully saturated rings. The van der Waals surface area contributed by atoms with Gasteiger partial charge < -0.3 is 10.5 Å². The summed E-state index contributed by atoms with van der Waals surface area (Å²) in [5.41, 5.74) is 7.24. The van der Waals surface area contributed by atoms with Gasteiger partial charge in [-0.2, -0.15) is 5.26 Å². The monoisotopic (exact) mass is 537 g/mol. The number of nitrogens with two attached hydrogens (primary N) is 1. The van der Waals surface area contributed by atoms with E-state index in [0.717, 1.165) is 8.78 Å². The number of ketones is 1. The van der Waals surface area contributed by atoms with Crippen molar-refractivity contribution < 1.29 is 17.9 Å². The number of halogens is 1. The number of methoxy groups -OCH3 is 1. The first-order chi connectivity index (χ1) is 16.3. The first-order valence-electron chi connectivity index (χ1n) is 10.2. The summed E-state index contributed by atoms with van der Waals surface area (Å²) in [6.45, 7) is 0. The molecule has 2 N–H and O–H groups in total. The fourth-order valence-electron chi connectivity index (χ4n) is 4.04. The Morgan fingerprint density at radius 2 is 1.65 bits per heavy atom. The second kappa shape index (κ2) is 9.33. The minimum absolute atomic E-state index is 0.0266. The van der Waals surface area contributed by atoms with Crippen LogP contribution in [0.3, 0.4) is 0 Å². The highest BCUT2D eigenvalue weighted by atomic mass is 79.9. The summed E-state index contributed by atoms with van der Waals surface area (Å²) < 4.78 is 34.3. The number of benzene rings is 3. The maximum absolute atomic E-state index is 13.8. The van der Waals surface area contributed by atoms with Gasteiger partial charge in [0.05, 0.1) is 29.6 Å². The zero-order valence-electron chi connectivity index (χ0n) is 18.1. The molecule has 4 rings (SSSR count). The first-order valence-corrected chi connectivity index (χ1v) is 12.5. The van der Waals surface area contributed by atoms with Gasteiger partial charge in [-0.25, -0.2) is 12.7 Å². The van der Waals surface area contributed by atoms with Gasteiger partial charge in [0.25, 0.3) is 10.0 Å². The van der Waals surface area contributed by atoms with Crippen LogP contribution in [0.4, 0.5) is 0 Å². The molecule has 0 spiro atoms. The Labute approximate surface area is 206 Å². The molecule has 0 aromatic heterocycles. The molecule has 7 nitrogen and oxygen atoms in total. The third-order valence-corrected chi connectivity index (χ3v) is 8.02. The average molecular weight is 538 g/mol. The van der Waals surface area contributed by atoms with E-state index in [9.17, 15) is 18.5 Å². The van der Waals surface area contributed by atoms with Crippen molar-refractivity contribution >= 4 is 31.7 Å². The Morgan fingerprint density at radius 1 is 1.03 bits per heavy atom. The highest BCUT2D eigenvalue weighted by Gasteiger charge is 2.50. The number of carbonyl (C=O) groups excluding carboxylic acids is 1. The van der Waals surface area contributed by atoms with Crippen LogP contribution in [0, 0.1) is 11.3 Å². The molecule has 1 heterocycles. The molecule has 0 saturated carbocycles. The molecule has 0 bridgehead atoms. The van der Waals surface area contributed by atoms with E-state index < -0.39 is 27.8 Å². The van der Waals surface area contributed by atoms with Gasteiger partial charge in [0.1, 0.15) is 17.6 Å². The Balaban J connectivity index is 1.91. The molecule has 0 radical (unpaired) electrons. The molecule has 1 aliphatic heterocycles. The van der Waals surface area contributed by atoms with E-state index >= 15 is 0 Å². The lowest BCUT2D eigenvalue weighted by molar-refractivity contribution is 0.0910. The normalized spacial score (nSPS) is 18.0. The van der Waals surface area contributed by atoms with E-state index in [4.69, 9.17) is 10.5 Å². The number of hydrogen-bond acceptors (Lipinski definition) is 6. The lowest BCUT2D eigenvalue weighted by atomic mass is 9.84. The highest BCUT2D eigenvalue weighted by molar-refractivity contribution is 9.10. The van der Waals surface area contributed by atoms with Gasteiger partial charge in [-0.3, -0.25) is 4.79 Å². The molecule has 0 aliphatic carbocycles. The van der Waals surface area contributed by atoms with Crippen molar-refractivity contribution in [3.05, 3.63) is 106 Å². The summed E-state index contributed by atoms with van der Waals surface area (Å²) >= 11 is 3.34. The number of sulfonamides is 1. The lowest BCUT2D eigenvalue weighted by Gasteiger charge is -2.29. The van der Waals surface area contributed by atoms with Gasteiger partial charge in [-0.05, 0) is 42.0 Å². The summed E-state index contributed by atoms with van der Waals surface area (Å²) in [6.07, 6.45) is 0. The van der Waals surface area contributed by atoms with Gasteiger partial charge >= 0.3 is 0 Å². The number of Topliss-reactive ketones (excluding diaryl/α,β-unsaturated/α-hetero) is 1. The SMILES string of the molecule is COc1ccc(S(=O)(=O)N2C(N)=C(C#N)[C@@H](c3ccccc3)[C@@H]2C(=O)c2ccc(Br)cc2)cc1. The molecule has 172 valence electrons. The van der Waals surface area contributed by atoms with Crippen molar-refractivity contribution in [3.8, 4) is 11.8 Å². The summed E-state index contributed by atoms with van der Waals surface area (Å²) in [5.74, 6) is -1.11. The maximum Gasteiger partial charge on any atom is 0.266 e. The van der Waals surface area contributed by atoms with E-state index in [1.165, 1.54) is 31.4 Å². The number of rotatable bonds is 6. The Morgan fingerprint density at radius 3 is 2.21 bits per heavy atom. The summed E-state index contributed by atoms with van der Waals surface area (Å²) in [6, 6.07) is 22.0. The predicted molar refractivity (Wildman–Crippen MR) is 130 cm³/mol. The standard InChI is InChI=1S/C25H20BrN3O4S/c1-33-19-11-13-20(14-12-19)34(31,32)29-23(24(30)17-7-9-18(26)10-8-17)22(21(15-27)25(29)28)16-5-3-2-4-6-16/h2-14,22-23H,28H2,1H3/t22-,23-/m1/s1. The Bertz CT molecular complexity index is 1400. The van der Waals surface area contributed by atoms with Crippen molar-refractivity contribution in [3.63, 3.8) is 0 Å². The fraction of sp³-hybridized carbons (Fsp3) is 0.120. The van der Waals surface area contributed by atoms with Crippen LogP contribution in [0.15, 0.2) is 99.6 Å². The maximum atomic E-state index is 13.8. The smallest absolute Gasteiger partial charge is 0.266 e. The van der Waals surface area contributed by atoms with Crippen LogP contribution >= 0.6 is 15.9 Å². The van der Waals surface area contributed by atoms with Gasteiger partial charge in [0, 0.05) is 10.0 Å². The van der Waals surface area contributed by atoms with Gasteiger partial charge in [-0.1, -0.05) is 58.4 Å². The molecular formula is C25H20BrN3O4S. The van der Waals surface area contributed by atoms with Gasteiger partial charge in [0.2, 0.25) is 0 Å². The lowest BCUT2D eigenvalue weighted by Crippen LogP contribution is -2.45. The molecule has 0 amide bonds. The van der Waals surface area contributed by atoms with E-state index in [0.29, 0.717) is 16.9 Å². The molecule has 0 unspecified atom stereocenters. The second-order valence-corrected chi connectivity index (χ2v) is 10.3. The minimum Gasteiger partial charge on any atom is -0.497 e. The molecule has 3 aromatic carbocycles. The zero-order chi connectivity index (χ0) is 24.5. The Hall–Kier alpha value is -3.61. The van der Waals surface area contributed by atoms with Gasteiger partial charge in [-0.15, -0.1) is 0 Å². The molecule has 2 atom stereocenters. The quantitative estimate of drug-likeness (QED) is 0.471. The van der Waals surface area contributed by atoms with E-state index in [1.54, 1.807) is 54.6 Å². The molecule has 0 saturated heterocycles. The molecular weight excluding hydrogens is 518 g/mol. The number of hydrogen-bond donors (Lipinski definition) is 1. The zero-order valence-corrected chi connectivity index (χ0v) is 20.5. The van der Waals surface area contributed by atoms with E-state index in [-0.39, 0.29) is 16.3 Å². The van der Waals surface area contributed by atoms with Crippen molar-refractivity contribution in [1.82, 2.24) is 4.31 Å². The molecule has 9 heteroatoms. The van der Waals surface area contributed by atoms with Gasteiger partial charge in [0.15, 0.2) is 5.78 Å². The number of carbonyl (C=O) groups is 1. The van der Waals surface area contributed by atoms with Crippen LogP contribution in [-0.4, -0.2) is 31.7 Å². The minimum atomic E-state index is -4.29. The topological polar surface area (TPSA) is 113 Å². The fourth-order valence-corrected chi connectivity index (χ4v) is 5.89. The van der Waals surface area contributed by atoms with Crippen LogP contribution in [0.5, 0.6) is 5.75 Å². The molecule has 3 aromatic rings. The van der Waals surface area contributed by atoms with Crippen LogP contribution in [0.25, 0.3) is 0 Å². The number of nitrogens with zero attached hydrogens (tertiary/aromatic N) is 2. The highest BCUT2D eigenvalue weighted by Crippen LogP contribution is 2.43. The number of nitriles is 1. The van der Waals surface area contributed by atoms with Crippen LogP contribution in [-0.2, 0) is 10.0 Å². The third kappa shape index (κ3) is 4.06. The molecule has 34 heavy (non-hydrogen) atoms. The van der Waals surface area contributed by atoms with Crippen LogP contribution < -0.4 is 10.5 Å².